The van der Waals surface area contributed by atoms with Crippen molar-refractivity contribution < 1.29 is 14.3 Å². The number of ether oxygens (including phenoxy) is 1. The third kappa shape index (κ3) is 4.57. The number of hydrogen-bond acceptors (Lipinski definition) is 6. The molecule has 4 aromatic rings. The van der Waals surface area contributed by atoms with Gasteiger partial charge < -0.3 is 15.0 Å². The Bertz CT molecular complexity index is 1410. The maximum Gasteiger partial charge on any atom is 0.237 e. The number of fused-ring (bicyclic) bond motifs is 1. The van der Waals surface area contributed by atoms with Gasteiger partial charge in [-0.1, -0.05) is 54.2 Å². The quantitative estimate of drug-likeness (QED) is 0.384. The van der Waals surface area contributed by atoms with Gasteiger partial charge in [-0.25, -0.2) is 0 Å². The summed E-state index contributed by atoms with van der Waals surface area (Å²) < 4.78 is 7.49. The molecule has 1 aliphatic rings. The van der Waals surface area contributed by atoms with Crippen molar-refractivity contribution in [3.05, 3.63) is 78.9 Å². The summed E-state index contributed by atoms with van der Waals surface area (Å²) in [5.74, 6) is 1.21. The number of hydrogen-bond donors (Lipinski definition) is 1. The van der Waals surface area contributed by atoms with Crippen molar-refractivity contribution in [3.8, 4) is 22.8 Å². The predicted octanol–water partition coefficient (Wildman–Crippen LogP) is 4.80. The average molecular weight is 500 g/mol. The lowest BCUT2D eigenvalue weighted by molar-refractivity contribution is -0.117. The van der Waals surface area contributed by atoms with E-state index in [1.165, 1.54) is 11.8 Å². The van der Waals surface area contributed by atoms with E-state index in [1.807, 2.05) is 90.4 Å². The van der Waals surface area contributed by atoms with E-state index in [2.05, 4.69) is 15.5 Å². The molecule has 182 valence electrons. The number of rotatable bonds is 6. The summed E-state index contributed by atoms with van der Waals surface area (Å²) in [5.41, 5.74) is 3.01. The summed E-state index contributed by atoms with van der Waals surface area (Å²) in [4.78, 5) is 27.5. The third-order valence-electron chi connectivity index (χ3n) is 5.95. The third-order valence-corrected chi connectivity index (χ3v) is 6.86. The topological polar surface area (TPSA) is 89.4 Å². The molecule has 0 aliphatic carbocycles. The molecule has 1 N–H and O–H groups in total. The van der Waals surface area contributed by atoms with Crippen LogP contribution in [0.2, 0.25) is 0 Å². The summed E-state index contributed by atoms with van der Waals surface area (Å²) in [5, 5.41) is 12.4. The zero-order valence-corrected chi connectivity index (χ0v) is 20.7. The van der Waals surface area contributed by atoms with Crippen LogP contribution in [0, 0.1) is 0 Å². The standard InChI is InChI=1S/C27H25N5O3S/c1-18-16-24(33)28-21-13-7-8-14-22(21)31(18)25(34)17-36-27-30-29-26(20-12-6-9-15-23(20)35-2)32(27)19-10-4-3-5-11-19/h3-15,18H,16-17H2,1-2H3,(H,28,33)/t18-/m0/s1. The molecule has 5 rings (SSSR count). The molecule has 0 bridgehead atoms. The molecule has 9 heteroatoms. The summed E-state index contributed by atoms with van der Waals surface area (Å²) in [7, 11) is 1.62. The monoisotopic (exact) mass is 499 g/mol. The maximum absolute atomic E-state index is 13.5. The van der Waals surface area contributed by atoms with Crippen molar-refractivity contribution in [3.63, 3.8) is 0 Å². The molecule has 1 aliphatic heterocycles. The molecule has 0 unspecified atom stereocenters. The number of amides is 2. The number of para-hydroxylation sites is 4. The van der Waals surface area contributed by atoms with E-state index in [4.69, 9.17) is 4.74 Å². The number of aromatic nitrogens is 3. The Labute approximate surface area is 213 Å². The van der Waals surface area contributed by atoms with Gasteiger partial charge in [-0.15, -0.1) is 10.2 Å². The number of nitrogens with zero attached hydrogens (tertiary/aromatic N) is 4. The highest BCUT2D eigenvalue weighted by Crippen LogP contribution is 2.35. The molecule has 2 amide bonds. The number of nitrogens with one attached hydrogen (secondary N) is 1. The van der Waals surface area contributed by atoms with E-state index in [0.29, 0.717) is 28.1 Å². The summed E-state index contributed by atoms with van der Waals surface area (Å²) in [6.45, 7) is 1.89. The number of benzene rings is 3. The van der Waals surface area contributed by atoms with Crippen LogP contribution in [-0.4, -0.2) is 45.5 Å². The van der Waals surface area contributed by atoms with Gasteiger partial charge in [-0.3, -0.25) is 14.2 Å². The zero-order valence-electron chi connectivity index (χ0n) is 19.9. The van der Waals surface area contributed by atoms with Crippen molar-refractivity contribution in [1.29, 1.82) is 0 Å². The molecule has 2 heterocycles. The Kier molecular flexibility index (Phi) is 6.73. The van der Waals surface area contributed by atoms with Gasteiger partial charge in [0, 0.05) is 18.2 Å². The number of methoxy groups -OCH3 is 1. The summed E-state index contributed by atoms with van der Waals surface area (Å²) in [6.07, 6.45) is 0.225. The van der Waals surface area contributed by atoms with Gasteiger partial charge in [0.25, 0.3) is 0 Å². The Balaban J connectivity index is 1.48. The van der Waals surface area contributed by atoms with E-state index < -0.39 is 0 Å². The van der Waals surface area contributed by atoms with Gasteiger partial charge in [-0.2, -0.15) is 0 Å². The Morgan fingerprint density at radius 1 is 1.03 bits per heavy atom. The van der Waals surface area contributed by atoms with Crippen molar-refractivity contribution in [2.75, 3.05) is 23.1 Å². The van der Waals surface area contributed by atoms with E-state index in [0.717, 1.165) is 11.3 Å². The second kappa shape index (κ2) is 10.2. The maximum atomic E-state index is 13.5. The van der Waals surface area contributed by atoms with E-state index in [-0.39, 0.29) is 30.0 Å². The highest BCUT2D eigenvalue weighted by molar-refractivity contribution is 7.99. The van der Waals surface area contributed by atoms with Gasteiger partial charge in [0.05, 0.1) is 29.8 Å². The molecular weight excluding hydrogens is 474 g/mol. The highest BCUT2D eigenvalue weighted by atomic mass is 32.2. The van der Waals surface area contributed by atoms with Crippen LogP contribution < -0.4 is 15.0 Å². The SMILES string of the molecule is COc1ccccc1-c1nnc(SCC(=O)N2c3ccccc3NC(=O)C[C@@H]2C)n1-c1ccccc1. The first-order valence-electron chi connectivity index (χ1n) is 11.5. The van der Waals surface area contributed by atoms with Crippen LogP contribution in [0.5, 0.6) is 5.75 Å². The molecule has 1 aromatic heterocycles. The first-order chi connectivity index (χ1) is 17.6. The van der Waals surface area contributed by atoms with E-state index in [1.54, 1.807) is 12.0 Å². The Hall–Kier alpha value is -4.11. The van der Waals surface area contributed by atoms with Crippen LogP contribution >= 0.6 is 11.8 Å². The first kappa shape index (κ1) is 23.6. The molecule has 36 heavy (non-hydrogen) atoms. The molecule has 0 spiro atoms. The normalized spacial score (nSPS) is 15.1. The summed E-state index contributed by atoms with van der Waals surface area (Å²) >= 11 is 1.31. The lowest BCUT2D eigenvalue weighted by atomic mass is 10.2. The van der Waals surface area contributed by atoms with Crippen LogP contribution in [0.4, 0.5) is 11.4 Å². The van der Waals surface area contributed by atoms with Gasteiger partial charge in [0.15, 0.2) is 11.0 Å². The molecule has 8 nitrogen and oxygen atoms in total. The predicted molar refractivity (Wildman–Crippen MR) is 141 cm³/mol. The van der Waals surface area contributed by atoms with E-state index in [9.17, 15) is 9.59 Å². The minimum atomic E-state index is -0.280. The number of carbonyl (C=O) groups excluding carboxylic acids is 2. The molecule has 3 aromatic carbocycles. The number of anilines is 2. The minimum absolute atomic E-state index is 0.108. The second-order valence-electron chi connectivity index (χ2n) is 8.35. The van der Waals surface area contributed by atoms with Crippen LogP contribution in [0.25, 0.3) is 17.1 Å². The van der Waals surface area contributed by atoms with Crippen molar-refractivity contribution in [2.45, 2.75) is 24.5 Å². The van der Waals surface area contributed by atoms with Crippen LogP contribution in [0.3, 0.4) is 0 Å². The second-order valence-corrected chi connectivity index (χ2v) is 9.29. The molecule has 0 saturated heterocycles. The average Bonchev–Trinajstić information content (AvgIpc) is 3.27. The van der Waals surface area contributed by atoms with Crippen LogP contribution in [0.1, 0.15) is 13.3 Å². The van der Waals surface area contributed by atoms with E-state index >= 15 is 0 Å². The van der Waals surface area contributed by atoms with Crippen molar-refractivity contribution >= 4 is 35.0 Å². The number of carbonyl (C=O) groups is 2. The van der Waals surface area contributed by atoms with Crippen molar-refractivity contribution in [1.82, 2.24) is 14.8 Å². The summed E-state index contributed by atoms with van der Waals surface area (Å²) in [6, 6.07) is 24.5. The smallest absolute Gasteiger partial charge is 0.237 e. The van der Waals surface area contributed by atoms with Gasteiger partial charge in [0.1, 0.15) is 5.75 Å². The minimum Gasteiger partial charge on any atom is -0.496 e. The fraction of sp³-hybridized carbons (Fsp3) is 0.185. The Morgan fingerprint density at radius 2 is 1.75 bits per heavy atom. The van der Waals surface area contributed by atoms with Gasteiger partial charge in [-0.05, 0) is 43.3 Å². The van der Waals surface area contributed by atoms with Gasteiger partial charge in [0.2, 0.25) is 11.8 Å². The number of thioether (sulfide) groups is 1. The fourth-order valence-electron chi connectivity index (χ4n) is 4.34. The lowest BCUT2D eigenvalue weighted by Crippen LogP contribution is -2.40. The molecule has 0 radical (unpaired) electrons. The molecular formula is C27H25N5O3S. The van der Waals surface area contributed by atoms with Crippen LogP contribution in [0.15, 0.2) is 84.0 Å². The molecule has 0 saturated carbocycles. The largest absolute Gasteiger partial charge is 0.496 e. The fourth-order valence-corrected chi connectivity index (χ4v) is 5.15. The zero-order chi connectivity index (χ0) is 25.1. The Morgan fingerprint density at radius 3 is 2.56 bits per heavy atom. The molecule has 1 atom stereocenters. The first-order valence-corrected chi connectivity index (χ1v) is 12.5. The highest BCUT2D eigenvalue weighted by Gasteiger charge is 2.30. The lowest BCUT2D eigenvalue weighted by Gasteiger charge is -2.27. The van der Waals surface area contributed by atoms with Crippen molar-refractivity contribution in [2.24, 2.45) is 0 Å². The van der Waals surface area contributed by atoms with Crippen LogP contribution in [-0.2, 0) is 9.59 Å². The molecule has 0 fully saturated rings. The van der Waals surface area contributed by atoms with Gasteiger partial charge >= 0.3 is 0 Å².